The van der Waals surface area contributed by atoms with E-state index in [4.69, 9.17) is 34.8 Å². The number of hydrogen-bond donors (Lipinski definition) is 1. The van der Waals surface area contributed by atoms with Crippen molar-refractivity contribution in [1.82, 2.24) is 5.32 Å². The molecule has 0 aliphatic heterocycles. The number of carbonyl (C=O) groups is 1. The summed E-state index contributed by atoms with van der Waals surface area (Å²) < 4.78 is 0. The van der Waals surface area contributed by atoms with Gasteiger partial charge in [-0.1, -0.05) is 29.3 Å². The van der Waals surface area contributed by atoms with E-state index < -0.39 is 5.38 Å². The lowest BCUT2D eigenvalue weighted by Crippen LogP contribution is -2.32. The van der Waals surface area contributed by atoms with Gasteiger partial charge in [-0.15, -0.1) is 11.6 Å². The van der Waals surface area contributed by atoms with E-state index in [1.54, 1.807) is 25.1 Å². The van der Waals surface area contributed by atoms with Crippen molar-refractivity contribution in [3.63, 3.8) is 0 Å². The summed E-state index contributed by atoms with van der Waals surface area (Å²) >= 11 is 17.5. The quantitative estimate of drug-likeness (QED) is 0.838. The lowest BCUT2D eigenvalue weighted by atomic mass is 10.1. The monoisotopic (exact) mass is 279 g/mol. The van der Waals surface area contributed by atoms with E-state index in [0.29, 0.717) is 10.0 Å². The van der Waals surface area contributed by atoms with Gasteiger partial charge in [0.1, 0.15) is 5.38 Å². The fourth-order valence-electron chi connectivity index (χ4n) is 1.26. The van der Waals surface area contributed by atoms with Crippen LogP contribution >= 0.6 is 34.8 Å². The van der Waals surface area contributed by atoms with Crippen molar-refractivity contribution in [2.45, 2.75) is 25.3 Å². The Bertz CT molecular complexity index is 393. The second-order valence-corrected chi connectivity index (χ2v) is 5.01. The highest BCUT2D eigenvalue weighted by molar-refractivity contribution is 6.35. The summed E-state index contributed by atoms with van der Waals surface area (Å²) in [7, 11) is 0. The summed E-state index contributed by atoms with van der Waals surface area (Å²) in [5.74, 6) is -0.222. The highest BCUT2D eigenvalue weighted by Crippen LogP contribution is 2.26. The molecule has 0 aliphatic carbocycles. The first kappa shape index (κ1) is 13.6. The molecule has 0 heterocycles. The van der Waals surface area contributed by atoms with Crippen LogP contribution in [-0.4, -0.2) is 11.3 Å². The molecule has 16 heavy (non-hydrogen) atoms. The minimum Gasteiger partial charge on any atom is -0.348 e. The number of alkyl halides is 1. The minimum atomic E-state index is -0.562. The number of hydrogen-bond acceptors (Lipinski definition) is 1. The fourth-order valence-corrected chi connectivity index (χ4v) is 1.89. The molecule has 0 radical (unpaired) electrons. The maximum absolute atomic E-state index is 11.4. The van der Waals surface area contributed by atoms with Crippen molar-refractivity contribution in [3.8, 4) is 0 Å². The van der Waals surface area contributed by atoms with Crippen molar-refractivity contribution in [1.29, 1.82) is 0 Å². The Labute approximate surface area is 110 Å². The molecule has 2 nitrogen and oxygen atoms in total. The molecule has 1 N–H and O–H groups in total. The summed E-state index contributed by atoms with van der Waals surface area (Å²) in [6.45, 7) is 3.46. The fraction of sp³-hybridized carbons (Fsp3) is 0.364. The number of nitrogens with one attached hydrogen (secondary N) is 1. The Morgan fingerprint density at radius 1 is 1.31 bits per heavy atom. The molecule has 1 aromatic rings. The van der Waals surface area contributed by atoms with Crippen LogP contribution in [-0.2, 0) is 4.79 Å². The van der Waals surface area contributed by atoms with Gasteiger partial charge in [0, 0.05) is 10.0 Å². The molecule has 0 unspecified atom stereocenters. The highest BCUT2D eigenvalue weighted by Gasteiger charge is 2.15. The van der Waals surface area contributed by atoms with Crippen molar-refractivity contribution in [2.24, 2.45) is 0 Å². The highest BCUT2D eigenvalue weighted by atomic mass is 35.5. The van der Waals surface area contributed by atoms with Crippen LogP contribution in [0.2, 0.25) is 10.0 Å². The van der Waals surface area contributed by atoms with Gasteiger partial charge in [-0.25, -0.2) is 0 Å². The zero-order valence-corrected chi connectivity index (χ0v) is 11.2. The number of rotatable bonds is 3. The van der Waals surface area contributed by atoms with Gasteiger partial charge in [0.05, 0.1) is 6.04 Å². The Morgan fingerprint density at radius 2 is 1.94 bits per heavy atom. The molecule has 88 valence electrons. The molecule has 0 saturated heterocycles. The molecule has 1 amide bonds. The maximum atomic E-state index is 11.4. The van der Waals surface area contributed by atoms with Gasteiger partial charge in [-0.2, -0.15) is 0 Å². The summed E-state index contributed by atoms with van der Waals surface area (Å²) in [5, 5.41) is 3.29. The molecule has 0 fully saturated rings. The van der Waals surface area contributed by atoms with Crippen LogP contribution in [0, 0.1) is 0 Å². The van der Waals surface area contributed by atoms with Crippen LogP contribution in [0.15, 0.2) is 18.2 Å². The topological polar surface area (TPSA) is 29.1 Å². The largest absolute Gasteiger partial charge is 0.348 e. The third kappa shape index (κ3) is 3.55. The molecular weight excluding hydrogens is 268 g/mol. The SMILES string of the molecule is C[C@H](Cl)C(=O)N[C@@H](C)c1ccc(Cl)cc1Cl. The average molecular weight is 281 g/mol. The molecular formula is C11H12Cl3NO. The summed E-state index contributed by atoms with van der Waals surface area (Å²) in [4.78, 5) is 11.4. The van der Waals surface area contributed by atoms with E-state index in [9.17, 15) is 4.79 Å². The van der Waals surface area contributed by atoms with Crippen LogP contribution in [0.4, 0.5) is 0 Å². The molecule has 5 heteroatoms. The number of halogens is 3. The second-order valence-electron chi connectivity index (χ2n) is 3.51. The van der Waals surface area contributed by atoms with Crippen LogP contribution < -0.4 is 5.32 Å². The Morgan fingerprint density at radius 3 is 2.44 bits per heavy atom. The van der Waals surface area contributed by atoms with E-state index in [2.05, 4.69) is 5.32 Å². The van der Waals surface area contributed by atoms with Crippen molar-refractivity contribution < 1.29 is 4.79 Å². The molecule has 0 saturated carbocycles. The molecule has 1 rings (SSSR count). The molecule has 2 atom stereocenters. The maximum Gasteiger partial charge on any atom is 0.238 e. The van der Waals surface area contributed by atoms with Crippen LogP contribution in [0.25, 0.3) is 0 Å². The lowest BCUT2D eigenvalue weighted by Gasteiger charge is -2.16. The van der Waals surface area contributed by atoms with Crippen LogP contribution in [0.3, 0.4) is 0 Å². The smallest absolute Gasteiger partial charge is 0.238 e. The van der Waals surface area contributed by atoms with Gasteiger partial charge in [0.15, 0.2) is 0 Å². The minimum absolute atomic E-state index is 0.196. The number of benzene rings is 1. The third-order valence-electron chi connectivity index (χ3n) is 2.15. The van der Waals surface area contributed by atoms with Gasteiger partial charge in [0.25, 0.3) is 0 Å². The molecule has 0 aliphatic rings. The standard InChI is InChI=1S/C11H12Cl3NO/c1-6(12)11(16)15-7(2)9-4-3-8(13)5-10(9)14/h3-7H,1-2H3,(H,15,16)/t6-,7-/m0/s1. The number of amides is 1. The Hall–Kier alpha value is -0.440. The summed E-state index contributed by atoms with van der Waals surface area (Å²) in [6, 6.07) is 4.97. The van der Waals surface area contributed by atoms with Gasteiger partial charge in [-0.3, -0.25) is 4.79 Å². The average Bonchev–Trinajstić information content (AvgIpc) is 2.16. The third-order valence-corrected chi connectivity index (χ3v) is 2.91. The Kier molecular flexibility index (Phi) is 4.90. The number of carbonyl (C=O) groups excluding carboxylic acids is 1. The van der Waals surface area contributed by atoms with E-state index in [1.165, 1.54) is 0 Å². The normalized spacial score (nSPS) is 14.3. The first-order valence-electron chi connectivity index (χ1n) is 4.81. The van der Waals surface area contributed by atoms with Gasteiger partial charge >= 0.3 is 0 Å². The summed E-state index contributed by atoms with van der Waals surface area (Å²) in [5.41, 5.74) is 0.816. The van der Waals surface area contributed by atoms with Crippen LogP contribution in [0.1, 0.15) is 25.5 Å². The van der Waals surface area contributed by atoms with E-state index >= 15 is 0 Å². The predicted molar refractivity (Wildman–Crippen MR) is 68.3 cm³/mol. The first-order valence-corrected chi connectivity index (χ1v) is 6.00. The van der Waals surface area contributed by atoms with Gasteiger partial charge < -0.3 is 5.32 Å². The summed E-state index contributed by atoms with van der Waals surface area (Å²) in [6.07, 6.45) is 0. The Balaban J connectivity index is 2.80. The molecule has 1 aromatic carbocycles. The van der Waals surface area contributed by atoms with E-state index in [1.807, 2.05) is 6.92 Å². The molecule has 0 aromatic heterocycles. The van der Waals surface area contributed by atoms with Crippen molar-refractivity contribution in [2.75, 3.05) is 0 Å². The predicted octanol–water partition coefficient (Wildman–Crippen LogP) is 3.80. The van der Waals surface area contributed by atoms with Crippen molar-refractivity contribution >= 4 is 40.7 Å². The zero-order valence-electron chi connectivity index (χ0n) is 8.93. The second kappa shape index (κ2) is 5.76. The molecule has 0 spiro atoms. The van der Waals surface area contributed by atoms with E-state index in [-0.39, 0.29) is 11.9 Å². The zero-order chi connectivity index (χ0) is 12.3. The van der Waals surface area contributed by atoms with Crippen LogP contribution in [0.5, 0.6) is 0 Å². The lowest BCUT2D eigenvalue weighted by molar-refractivity contribution is -0.121. The van der Waals surface area contributed by atoms with Gasteiger partial charge in [0.2, 0.25) is 5.91 Å². The first-order chi connectivity index (χ1) is 7.41. The van der Waals surface area contributed by atoms with E-state index in [0.717, 1.165) is 5.56 Å². The molecule has 0 bridgehead atoms. The van der Waals surface area contributed by atoms with Crippen molar-refractivity contribution in [3.05, 3.63) is 33.8 Å². The van der Waals surface area contributed by atoms with Gasteiger partial charge in [-0.05, 0) is 31.5 Å².